The Bertz CT molecular complexity index is 869. The summed E-state index contributed by atoms with van der Waals surface area (Å²) in [4.78, 5) is 9.53. The molecule has 0 spiro atoms. The van der Waals surface area contributed by atoms with Crippen molar-refractivity contribution in [2.45, 2.75) is 20.0 Å². The first kappa shape index (κ1) is 22.5. The first-order chi connectivity index (χ1) is 14.2. The van der Waals surface area contributed by atoms with Gasteiger partial charge in [-0.05, 0) is 42.3 Å². The number of fused-ring (bicyclic) bond motifs is 1. The lowest BCUT2D eigenvalue weighted by Gasteiger charge is -2.36. The smallest absolute Gasteiger partial charge is 0.231 e. The molecule has 30 heavy (non-hydrogen) atoms. The van der Waals surface area contributed by atoms with Gasteiger partial charge in [0.2, 0.25) is 6.79 Å². The van der Waals surface area contributed by atoms with Crippen LogP contribution in [-0.2, 0) is 13.1 Å². The van der Waals surface area contributed by atoms with Gasteiger partial charge in [-0.15, -0.1) is 24.0 Å². The van der Waals surface area contributed by atoms with Gasteiger partial charge < -0.3 is 24.8 Å². The fourth-order valence-corrected chi connectivity index (χ4v) is 3.66. The predicted octanol–water partition coefficient (Wildman–Crippen LogP) is 3.02. The molecule has 0 saturated carbocycles. The maximum Gasteiger partial charge on any atom is 0.231 e. The molecule has 2 aliphatic heterocycles. The second kappa shape index (κ2) is 10.7. The highest BCUT2D eigenvalue weighted by atomic mass is 127. The van der Waals surface area contributed by atoms with Gasteiger partial charge in [-0.3, -0.25) is 4.90 Å². The van der Waals surface area contributed by atoms with Gasteiger partial charge in [-0.1, -0.05) is 18.2 Å². The van der Waals surface area contributed by atoms with E-state index in [4.69, 9.17) is 14.5 Å². The lowest BCUT2D eigenvalue weighted by molar-refractivity contribution is 0.171. The average Bonchev–Trinajstić information content (AvgIpc) is 3.20. The zero-order valence-electron chi connectivity index (χ0n) is 17.2. The van der Waals surface area contributed by atoms with Crippen LogP contribution in [0.3, 0.4) is 0 Å². The number of halogens is 1. The van der Waals surface area contributed by atoms with Crippen molar-refractivity contribution in [2.24, 2.45) is 4.99 Å². The van der Waals surface area contributed by atoms with Gasteiger partial charge in [0.1, 0.15) is 5.75 Å². The summed E-state index contributed by atoms with van der Waals surface area (Å²) in [5.41, 5.74) is 2.24. The number of aromatic hydroxyl groups is 1. The number of phenolic OH excluding ortho intramolecular Hbond substituents is 1. The average molecular weight is 524 g/mol. The van der Waals surface area contributed by atoms with Crippen molar-refractivity contribution in [1.82, 2.24) is 15.1 Å². The number of nitrogens with one attached hydrogen (secondary N) is 1. The normalized spacial score (nSPS) is 16.3. The van der Waals surface area contributed by atoms with Gasteiger partial charge in [0.05, 0.1) is 6.54 Å². The van der Waals surface area contributed by atoms with E-state index in [0.29, 0.717) is 13.3 Å². The Kier molecular flexibility index (Phi) is 8.03. The largest absolute Gasteiger partial charge is 0.508 e. The Morgan fingerprint density at radius 2 is 1.83 bits per heavy atom. The van der Waals surface area contributed by atoms with E-state index in [0.717, 1.165) is 62.3 Å². The van der Waals surface area contributed by atoms with E-state index in [1.54, 1.807) is 12.1 Å². The third-order valence-corrected chi connectivity index (χ3v) is 5.17. The molecule has 1 fully saturated rings. The molecule has 0 atom stereocenters. The van der Waals surface area contributed by atoms with Crippen LogP contribution in [0.2, 0.25) is 0 Å². The summed E-state index contributed by atoms with van der Waals surface area (Å²) in [6.45, 7) is 8.49. The second-order valence-electron chi connectivity index (χ2n) is 7.29. The number of aliphatic imine (C=N–C) groups is 1. The lowest BCUT2D eigenvalue weighted by Crippen LogP contribution is -2.52. The third kappa shape index (κ3) is 5.69. The lowest BCUT2D eigenvalue weighted by atomic mass is 10.1. The summed E-state index contributed by atoms with van der Waals surface area (Å²) in [7, 11) is 0. The van der Waals surface area contributed by atoms with Crippen molar-refractivity contribution in [3.63, 3.8) is 0 Å². The summed E-state index contributed by atoms with van der Waals surface area (Å²) in [5, 5.41) is 13.0. The number of rotatable bonds is 5. The summed E-state index contributed by atoms with van der Waals surface area (Å²) < 4.78 is 10.9. The molecule has 0 aromatic heterocycles. The fourth-order valence-electron chi connectivity index (χ4n) is 3.66. The number of ether oxygens (including phenoxy) is 2. The number of phenols is 1. The summed E-state index contributed by atoms with van der Waals surface area (Å²) in [6, 6.07) is 13.5. The van der Waals surface area contributed by atoms with Gasteiger partial charge in [0, 0.05) is 39.3 Å². The minimum Gasteiger partial charge on any atom is -0.508 e. The molecule has 0 amide bonds. The second-order valence-corrected chi connectivity index (χ2v) is 7.29. The molecule has 4 rings (SSSR count). The van der Waals surface area contributed by atoms with E-state index in [-0.39, 0.29) is 29.7 Å². The number of hydrogen-bond acceptors (Lipinski definition) is 5. The molecule has 0 radical (unpaired) electrons. The van der Waals surface area contributed by atoms with Crippen molar-refractivity contribution < 1.29 is 14.6 Å². The van der Waals surface area contributed by atoms with Crippen molar-refractivity contribution >= 4 is 29.9 Å². The van der Waals surface area contributed by atoms with Gasteiger partial charge in [0.25, 0.3) is 0 Å². The summed E-state index contributed by atoms with van der Waals surface area (Å²) in [6.07, 6.45) is 0. The van der Waals surface area contributed by atoms with Crippen molar-refractivity contribution in [3.05, 3.63) is 53.6 Å². The highest BCUT2D eigenvalue weighted by molar-refractivity contribution is 14.0. The van der Waals surface area contributed by atoms with Gasteiger partial charge >= 0.3 is 0 Å². The van der Waals surface area contributed by atoms with Crippen molar-refractivity contribution in [1.29, 1.82) is 0 Å². The van der Waals surface area contributed by atoms with Crippen molar-refractivity contribution in [2.75, 3.05) is 39.5 Å². The van der Waals surface area contributed by atoms with Gasteiger partial charge in [-0.25, -0.2) is 4.99 Å². The topological polar surface area (TPSA) is 69.6 Å². The molecule has 0 bridgehead atoms. The molecule has 0 aliphatic carbocycles. The van der Waals surface area contributed by atoms with Crippen LogP contribution in [0.4, 0.5) is 0 Å². The molecular formula is C22H29IN4O3. The molecule has 2 N–H and O–H groups in total. The quantitative estimate of drug-likeness (QED) is 0.356. The molecule has 2 heterocycles. The van der Waals surface area contributed by atoms with E-state index < -0.39 is 0 Å². The van der Waals surface area contributed by atoms with Crippen LogP contribution in [0, 0.1) is 0 Å². The van der Waals surface area contributed by atoms with E-state index >= 15 is 0 Å². The SMILES string of the molecule is CCNC(=NCc1cccc(O)c1)N1CCN(Cc2ccc3c(c2)OCO3)CC1.I. The number of nitrogens with zero attached hydrogens (tertiary/aromatic N) is 3. The van der Waals surface area contributed by atoms with Crippen LogP contribution in [-0.4, -0.2) is 60.4 Å². The highest BCUT2D eigenvalue weighted by Gasteiger charge is 2.21. The first-order valence-corrected chi connectivity index (χ1v) is 10.1. The van der Waals surface area contributed by atoms with Crippen LogP contribution < -0.4 is 14.8 Å². The summed E-state index contributed by atoms with van der Waals surface area (Å²) >= 11 is 0. The number of benzene rings is 2. The summed E-state index contributed by atoms with van der Waals surface area (Å²) in [5.74, 6) is 2.88. The molecule has 2 aromatic rings. The third-order valence-electron chi connectivity index (χ3n) is 5.17. The Morgan fingerprint density at radius 3 is 2.60 bits per heavy atom. The predicted molar refractivity (Wildman–Crippen MR) is 128 cm³/mol. The number of hydrogen-bond donors (Lipinski definition) is 2. The minimum atomic E-state index is 0. The first-order valence-electron chi connectivity index (χ1n) is 10.1. The molecule has 162 valence electrons. The van der Waals surface area contributed by atoms with Crippen LogP contribution in [0.25, 0.3) is 0 Å². The van der Waals surface area contributed by atoms with Gasteiger partial charge in [-0.2, -0.15) is 0 Å². The molecule has 8 heteroatoms. The van der Waals surface area contributed by atoms with Crippen LogP contribution >= 0.6 is 24.0 Å². The molecule has 7 nitrogen and oxygen atoms in total. The molecule has 1 saturated heterocycles. The van der Waals surface area contributed by atoms with E-state index in [1.165, 1.54) is 5.56 Å². The van der Waals surface area contributed by atoms with Gasteiger partial charge in [0.15, 0.2) is 17.5 Å². The Labute approximate surface area is 194 Å². The zero-order valence-corrected chi connectivity index (χ0v) is 19.5. The standard InChI is InChI=1S/C22H28N4O3.HI/c1-2-23-22(24-14-17-4-3-5-19(27)12-17)26-10-8-25(9-11-26)15-18-6-7-20-21(13-18)29-16-28-20;/h3-7,12-13,27H,2,8-11,14-16H2,1H3,(H,23,24);1H. The molecule has 0 unspecified atom stereocenters. The van der Waals surface area contributed by atoms with Crippen molar-refractivity contribution in [3.8, 4) is 17.2 Å². The zero-order chi connectivity index (χ0) is 20.1. The molecule has 2 aromatic carbocycles. The van der Waals surface area contributed by atoms with E-state index in [9.17, 15) is 5.11 Å². The van der Waals surface area contributed by atoms with Crippen LogP contribution in [0.15, 0.2) is 47.5 Å². The molecule has 2 aliphatic rings. The maximum absolute atomic E-state index is 9.64. The molecular weight excluding hydrogens is 495 g/mol. The maximum atomic E-state index is 9.64. The van der Waals surface area contributed by atoms with E-state index in [2.05, 4.69) is 34.2 Å². The number of guanidine groups is 1. The van der Waals surface area contributed by atoms with Crippen LogP contribution in [0.1, 0.15) is 18.1 Å². The Morgan fingerprint density at radius 1 is 1.03 bits per heavy atom. The highest BCUT2D eigenvalue weighted by Crippen LogP contribution is 2.32. The fraction of sp³-hybridized carbons (Fsp3) is 0.409. The Hall–Kier alpha value is -2.20. The monoisotopic (exact) mass is 524 g/mol. The Balaban J connectivity index is 0.00000256. The number of piperazine rings is 1. The minimum absolute atomic E-state index is 0. The van der Waals surface area contributed by atoms with Crippen LogP contribution in [0.5, 0.6) is 17.2 Å². The van der Waals surface area contributed by atoms with E-state index in [1.807, 2.05) is 18.2 Å².